The number of carbonyl (C=O) groups is 2. The van der Waals surface area contributed by atoms with Crippen LogP contribution in [0.4, 0.5) is 0 Å². The number of amides is 1. The average Bonchev–Trinajstić information content (AvgIpc) is 2.91. The van der Waals surface area contributed by atoms with E-state index < -0.39 is 11.9 Å². The van der Waals surface area contributed by atoms with Gasteiger partial charge in [0.25, 0.3) is 5.91 Å². The minimum absolute atomic E-state index is 0.155. The summed E-state index contributed by atoms with van der Waals surface area (Å²) < 4.78 is 7.22. The zero-order valence-corrected chi connectivity index (χ0v) is 18.2. The highest BCUT2D eigenvalue weighted by Crippen LogP contribution is 2.30. The van der Waals surface area contributed by atoms with Crippen LogP contribution in [0.15, 0.2) is 35.3 Å². The summed E-state index contributed by atoms with van der Waals surface area (Å²) in [6.45, 7) is 1.78. The van der Waals surface area contributed by atoms with Gasteiger partial charge in [-0.25, -0.2) is 0 Å². The van der Waals surface area contributed by atoms with Crippen molar-refractivity contribution in [3.8, 4) is 0 Å². The molecule has 146 valence electrons. The third-order valence-corrected chi connectivity index (χ3v) is 5.56. The van der Waals surface area contributed by atoms with Crippen molar-refractivity contribution in [2.45, 2.75) is 13.5 Å². The lowest BCUT2D eigenvalue weighted by Crippen LogP contribution is -2.23. The van der Waals surface area contributed by atoms with E-state index in [1.165, 1.54) is 34.1 Å². The molecule has 0 N–H and O–H groups in total. The van der Waals surface area contributed by atoms with Gasteiger partial charge in [-0.2, -0.15) is 4.99 Å². The monoisotopic (exact) mass is 476 g/mol. The van der Waals surface area contributed by atoms with Crippen LogP contribution in [0.5, 0.6) is 0 Å². The molecule has 0 bridgehead atoms. The van der Waals surface area contributed by atoms with Gasteiger partial charge in [0.1, 0.15) is 6.54 Å². The molecule has 0 aliphatic heterocycles. The van der Waals surface area contributed by atoms with Crippen LogP contribution in [-0.4, -0.2) is 23.1 Å². The SMILES string of the molecule is CCOC(=O)Cn1c(=NC(=O)c2cc(Cl)cc(Cl)c2)sc2cc(Cl)cc(Cl)c21. The van der Waals surface area contributed by atoms with E-state index in [2.05, 4.69) is 4.99 Å². The predicted octanol–water partition coefficient (Wildman–Crippen LogP) is 5.62. The lowest BCUT2D eigenvalue weighted by atomic mass is 10.2. The molecule has 0 aliphatic carbocycles. The summed E-state index contributed by atoms with van der Waals surface area (Å²) in [5, 5.41) is 1.40. The molecule has 5 nitrogen and oxygen atoms in total. The standard InChI is InChI=1S/C18H12Cl4N2O3S/c1-2-27-15(25)8-24-16-13(22)6-12(21)7-14(16)28-18(24)23-17(26)9-3-10(19)5-11(20)4-9/h3-7H,2,8H2,1H3. The highest BCUT2D eigenvalue weighted by Gasteiger charge is 2.16. The number of ether oxygens (including phenoxy) is 1. The van der Waals surface area contributed by atoms with Gasteiger partial charge in [0.15, 0.2) is 4.80 Å². The molecule has 0 fully saturated rings. The fourth-order valence-electron chi connectivity index (χ4n) is 2.53. The van der Waals surface area contributed by atoms with Gasteiger partial charge < -0.3 is 9.30 Å². The summed E-state index contributed by atoms with van der Waals surface area (Å²) in [7, 11) is 0. The highest BCUT2D eigenvalue weighted by atomic mass is 35.5. The first kappa shape index (κ1) is 21.1. The summed E-state index contributed by atoms with van der Waals surface area (Å²) in [4.78, 5) is 29.1. The first-order valence-corrected chi connectivity index (χ1v) is 10.3. The van der Waals surface area contributed by atoms with E-state index in [4.69, 9.17) is 51.1 Å². The average molecular weight is 478 g/mol. The summed E-state index contributed by atoms with van der Waals surface area (Å²) in [5.41, 5.74) is 0.765. The second-order valence-corrected chi connectivity index (χ2v) is 8.31. The minimum Gasteiger partial charge on any atom is -0.465 e. The number of hydrogen-bond acceptors (Lipinski definition) is 4. The molecule has 1 heterocycles. The Morgan fingerprint density at radius 2 is 1.68 bits per heavy atom. The number of benzene rings is 2. The Kier molecular flexibility index (Phi) is 6.68. The third kappa shape index (κ3) is 4.70. The molecule has 0 saturated heterocycles. The van der Waals surface area contributed by atoms with Crippen molar-refractivity contribution in [2.24, 2.45) is 4.99 Å². The van der Waals surface area contributed by atoms with Gasteiger partial charge in [0, 0.05) is 20.6 Å². The molecule has 28 heavy (non-hydrogen) atoms. The van der Waals surface area contributed by atoms with Crippen LogP contribution in [0, 0.1) is 0 Å². The van der Waals surface area contributed by atoms with Crippen molar-refractivity contribution in [3.63, 3.8) is 0 Å². The van der Waals surface area contributed by atoms with Crippen LogP contribution >= 0.6 is 57.7 Å². The normalized spacial score (nSPS) is 11.8. The van der Waals surface area contributed by atoms with Gasteiger partial charge in [-0.1, -0.05) is 57.7 Å². The lowest BCUT2D eigenvalue weighted by Gasteiger charge is -2.06. The molecule has 0 saturated carbocycles. The Balaban J connectivity index is 2.18. The fraction of sp³-hybridized carbons (Fsp3) is 0.167. The van der Waals surface area contributed by atoms with Crippen molar-refractivity contribution >= 4 is 79.8 Å². The number of carbonyl (C=O) groups excluding carboxylic acids is 2. The molecule has 0 spiro atoms. The molecule has 3 aromatic rings. The molecule has 1 amide bonds. The van der Waals surface area contributed by atoms with E-state index in [1.807, 2.05) is 0 Å². The van der Waals surface area contributed by atoms with Crippen LogP contribution in [0.25, 0.3) is 10.2 Å². The lowest BCUT2D eigenvalue weighted by molar-refractivity contribution is -0.143. The van der Waals surface area contributed by atoms with Gasteiger partial charge in [0.05, 0.1) is 21.8 Å². The first-order valence-electron chi connectivity index (χ1n) is 7.97. The molecule has 3 rings (SSSR count). The van der Waals surface area contributed by atoms with Crippen LogP contribution in [0.3, 0.4) is 0 Å². The largest absolute Gasteiger partial charge is 0.465 e. The number of halogens is 4. The minimum atomic E-state index is -0.559. The zero-order valence-electron chi connectivity index (χ0n) is 14.3. The van der Waals surface area contributed by atoms with Gasteiger partial charge in [-0.3, -0.25) is 9.59 Å². The first-order chi connectivity index (χ1) is 13.3. The van der Waals surface area contributed by atoms with Crippen LogP contribution in [0.2, 0.25) is 20.1 Å². The Morgan fingerprint density at radius 1 is 1.04 bits per heavy atom. The highest BCUT2D eigenvalue weighted by molar-refractivity contribution is 7.16. The molecule has 1 aromatic heterocycles. The van der Waals surface area contributed by atoms with Gasteiger partial charge in [-0.05, 0) is 37.3 Å². The number of aromatic nitrogens is 1. The fourth-order valence-corrected chi connectivity index (χ4v) is 4.86. The van der Waals surface area contributed by atoms with Crippen molar-refractivity contribution in [1.82, 2.24) is 4.57 Å². The maximum Gasteiger partial charge on any atom is 0.326 e. The molecule has 2 aromatic carbocycles. The smallest absolute Gasteiger partial charge is 0.326 e. The molecule has 0 atom stereocenters. The number of rotatable bonds is 4. The quantitative estimate of drug-likeness (QED) is 0.458. The van der Waals surface area contributed by atoms with Crippen molar-refractivity contribution in [1.29, 1.82) is 0 Å². The van der Waals surface area contributed by atoms with Crippen LogP contribution < -0.4 is 4.80 Å². The molecular weight excluding hydrogens is 466 g/mol. The summed E-state index contributed by atoms with van der Waals surface area (Å²) in [6.07, 6.45) is 0. The van der Waals surface area contributed by atoms with E-state index in [9.17, 15) is 9.59 Å². The summed E-state index contributed by atoms with van der Waals surface area (Å²) in [6, 6.07) is 7.69. The summed E-state index contributed by atoms with van der Waals surface area (Å²) >= 11 is 25.5. The predicted molar refractivity (Wildman–Crippen MR) is 113 cm³/mol. The van der Waals surface area contributed by atoms with E-state index in [1.54, 1.807) is 19.1 Å². The molecular formula is C18H12Cl4N2O3S. The van der Waals surface area contributed by atoms with E-state index in [-0.39, 0.29) is 23.5 Å². The number of nitrogens with zero attached hydrogens (tertiary/aromatic N) is 2. The second-order valence-electron chi connectivity index (χ2n) is 5.59. The molecule has 0 aliphatic rings. The third-order valence-electron chi connectivity index (χ3n) is 3.59. The van der Waals surface area contributed by atoms with Gasteiger partial charge in [0.2, 0.25) is 0 Å². The van der Waals surface area contributed by atoms with Crippen LogP contribution in [-0.2, 0) is 16.1 Å². The molecule has 10 heteroatoms. The van der Waals surface area contributed by atoms with Crippen LogP contribution in [0.1, 0.15) is 17.3 Å². The number of hydrogen-bond donors (Lipinski definition) is 0. The second kappa shape index (κ2) is 8.84. The van der Waals surface area contributed by atoms with Gasteiger partial charge >= 0.3 is 5.97 Å². The number of fused-ring (bicyclic) bond motifs is 1. The van der Waals surface area contributed by atoms with Crippen molar-refractivity contribution < 1.29 is 14.3 Å². The Morgan fingerprint density at radius 3 is 2.32 bits per heavy atom. The van der Waals surface area contributed by atoms with Crippen molar-refractivity contribution in [3.05, 3.63) is 60.8 Å². The van der Waals surface area contributed by atoms with E-state index in [0.29, 0.717) is 30.3 Å². The number of thiazole rings is 1. The maximum atomic E-state index is 12.6. The number of esters is 1. The van der Waals surface area contributed by atoms with E-state index >= 15 is 0 Å². The molecule has 0 radical (unpaired) electrons. The molecule has 0 unspecified atom stereocenters. The Hall–Kier alpha value is -1.57. The topological polar surface area (TPSA) is 60.7 Å². The van der Waals surface area contributed by atoms with Crippen molar-refractivity contribution in [2.75, 3.05) is 6.61 Å². The maximum absolute atomic E-state index is 12.6. The zero-order chi connectivity index (χ0) is 20.4. The van der Waals surface area contributed by atoms with E-state index in [0.717, 1.165) is 0 Å². The summed E-state index contributed by atoms with van der Waals surface area (Å²) in [5.74, 6) is -1.04. The Bertz CT molecular complexity index is 1130. The Labute approximate surface area is 184 Å². The van der Waals surface area contributed by atoms with Gasteiger partial charge in [-0.15, -0.1) is 0 Å².